The van der Waals surface area contributed by atoms with Gasteiger partial charge in [-0.15, -0.1) is 0 Å². The normalized spacial score (nSPS) is 14.9. The van der Waals surface area contributed by atoms with Gasteiger partial charge in [-0.2, -0.15) is 5.10 Å². The molecule has 0 fully saturated rings. The van der Waals surface area contributed by atoms with Crippen LogP contribution in [-0.4, -0.2) is 41.7 Å². The average molecular weight is 314 g/mol. The minimum absolute atomic E-state index is 0.0442. The van der Waals surface area contributed by atoms with E-state index in [4.69, 9.17) is 4.74 Å². The molecule has 6 nitrogen and oxygen atoms in total. The van der Waals surface area contributed by atoms with Gasteiger partial charge in [0.25, 0.3) is 5.91 Å². The number of benzene rings is 1. The molecule has 1 amide bonds. The summed E-state index contributed by atoms with van der Waals surface area (Å²) >= 11 is 0. The lowest BCUT2D eigenvalue weighted by molar-refractivity contribution is 0.0735. The summed E-state index contributed by atoms with van der Waals surface area (Å²) in [5, 5.41) is 10.5. The summed E-state index contributed by atoms with van der Waals surface area (Å²) in [6.07, 6.45) is 0.882. The molecule has 122 valence electrons. The second-order valence-corrected chi connectivity index (χ2v) is 5.82. The Morgan fingerprint density at radius 3 is 2.78 bits per heavy atom. The van der Waals surface area contributed by atoms with Crippen LogP contribution in [0.1, 0.15) is 40.3 Å². The number of H-pyrrole nitrogens is 1. The molecule has 6 heteroatoms. The molecule has 0 saturated carbocycles. The minimum atomic E-state index is -0.0606. The predicted octanol–water partition coefficient (Wildman–Crippen LogP) is 1.90. The Morgan fingerprint density at radius 1 is 1.35 bits per heavy atom. The Kier molecular flexibility index (Phi) is 4.34. The summed E-state index contributed by atoms with van der Waals surface area (Å²) in [7, 11) is 3.46. The summed E-state index contributed by atoms with van der Waals surface area (Å²) in [4.78, 5) is 14.5. The fraction of sp³-hybridized carbons (Fsp3) is 0.412. The van der Waals surface area contributed by atoms with Crippen molar-refractivity contribution >= 4 is 5.91 Å². The molecule has 0 saturated heterocycles. The number of carbonyl (C=O) groups is 1. The summed E-state index contributed by atoms with van der Waals surface area (Å²) < 4.78 is 5.18. The molecular formula is C17H22N4O2. The largest absolute Gasteiger partial charge is 0.497 e. The topological polar surface area (TPSA) is 70.2 Å². The van der Waals surface area contributed by atoms with E-state index in [1.54, 1.807) is 12.0 Å². The van der Waals surface area contributed by atoms with Gasteiger partial charge in [0.05, 0.1) is 13.2 Å². The first-order valence-electron chi connectivity index (χ1n) is 7.79. The first-order chi connectivity index (χ1) is 11.1. The van der Waals surface area contributed by atoms with Gasteiger partial charge >= 0.3 is 0 Å². The molecule has 0 spiro atoms. The van der Waals surface area contributed by atoms with E-state index in [-0.39, 0.29) is 11.9 Å². The lowest BCUT2D eigenvalue weighted by Gasteiger charge is -2.25. The number of hydrogen-bond donors (Lipinski definition) is 2. The highest BCUT2D eigenvalue weighted by Crippen LogP contribution is 2.24. The predicted molar refractivity (Wildman–Crippen MR) is 87.5 cm³/mol. The first-order valence-corrected chi connectivity index (χ1v) is 7.79. The number of nitrogens with zero attached hydrogens (tertiary/aromatic N) is 2. The average Bonchev–Trinajstić information content (AvgIpc) is 3.04. The van der Waals surface area contributed by atoms with Crippen LogP contribution in [0.3, 0.4) is 0 Å². The molecule has 1 aliphatic rings. The zero-order valence-electron chi connectivity index (χ0n) is 13.7. The van der Waals surface area contributed by atoms with E-state index in [1.165, 1.54) is 0 Å². The molecule has 2 heterocycles. The third-order valence-corrected chi connectivity index (χ3v) is 4.51. The van der Waals surface area contributed by atoms with Crippen molar-refractivity contribution in [2.24, 2.45) is 0 Å². The fourth-order valence-corrected chi connectivity index (χ4v) is 2.85. The monoisotopic (exact) mass is 314 g/mol. The highest BCUT2D eigenvalue weighted by molar-refractivity contribution is 5.94. The van der Waals surface area contributed by atoms with Gasteiger partial charge in [-0.1, -0.05) is 12.1 Å². The Morgan fingerprint density at radius 2 is 2.09 bits per heavy atom. The van der Waals surface area contributed by atoms with Gasteiger partial charge in [0, 0.05) is 37.8 Å². The van der Waals surface area contributed by atoms with E-state index in [9.17, 15) is 4.79 Å². The van der Waals surface area contributed by atoms with Gasteiger partial charge in [0.1, 0.15) is 5.75 Å². The molecule has 2 aromatic rings. The highest BCUT2D eigenvalue weighted by atomic mass is 16.5. The van der Waals surface area contributed by atoms with Crippen molar-refractivity contribution in [3.05, 3.63) is 46.8 Å². The zero-order valence-corrected chi connectivity index (χ0v) is 13.7. The molecule has 2 N–H and O–H groups in total. The van der Waals surface area contributed by atoms with Crippen LogP contribution in [0.15, 0.2) is 24.3 Å². The van der Waals surface area contributed by atoms with E-state index >= 15 is 0 Å². The molecular weight excluding hydrogens is 292 g/mol. The number of rotatable bonds is 4. The SMILES string of the molecule is COc1ccc(C(C)N(C)C(=O)c2n[nH]c3c2CNCC3)cc1. The number of methoxy groups -OCH3 is 1. The van der Waals surface area contributed by atoms with Crippen LogP contribution in [0.25, 0.3) is 0 Å². The number of carbonyl (C=O) groups excluding carboxylic acids is 1. The lowest BCUT2D eigenvalue weighted by atomic mass is 10.0. The molecule has 0 aliphatic carbocycles. The molecule has 23 heavy (non-hydrogen) atoms. The fourth-order valence-electron chi connectivity index (χ4n) is 2.85. The van der Waals surface area contributed by atoms with E-state index in [0.29, 0.717) is 12.2 Å². The van der Waals surface area contributed by atoms with Crippen LogP contribution in [-0.2, 0) is 13.0 Å². The Labute approximate surface area is 135 Å². The molecule has 3 rings (SSSR count). The molecule has 1 aliphatic heterocycles. The number of amides is 1. The van der Waals surface area contributed by atoms with Crippen molar-refractivity contribution < 1.29 is 9.53 Å². The molecule has 1 aromatic heterocycles. The second-order valence-electron chi connectivity index (χ2n) is 5.82. The Balaban J connectivity index is 1.79. The zero-order chi connectivity index (χ0) is 16.4. The van der Waals surface area contributed by atoms with Crippen molar-refractivity contribution in [1.29, 1.82) is 0 Å². The van der Waals surface area contributed by atoms with Gasteiger partial charge in [-0.05, 0) is 24.6 Å². The van der Waals surface area contributed by atoms with Crippen molar-refractivity contribution in [3.8, 4) is 5.75 Å². The number of ether oxygens (including phenoxy) is 1. The molecule has 1 atom stereocenters. The maximum absolute atomic E-state index is 12.8. The summed E-state index contributed by atoms with van der Waals surface area (Å²) in [6, 6.07) is 7.73. The smallest absolute Gasteiger partial charge is 0.274 e. The quantitative estimate of drug-likeness (QED) is 0.904. The molecule has 1 unspecified atom stereocenters. The standard InChI is InChI=1S/C17H22N4O2/c1-11(12-4-6-13(23-3)7-5-12)21(2)17(22)16-14-10-18-9-8-15(14)19-20-16/h4-7,11,18H,8-10H2,1-3H3,(H,19,20). The van der Waals surface area contributed by atoms with Gasteiger partial charge in [-0.3, -0.25) is 9.89 Å². The Hall–Kier alpha value is -2.34. The van der Waals surface area contributed by atoms with Crippen LogP contribution in [0, 0.1) is 0 Å². The lowest BCUT2D eigenvalue weighted by Crippen LogP contribution is -2.32. The summed E-state index contributed by atoms with van der Waals surface area (Å²) in [5.74, 6) is 0.747. The van der Waals surface area contributed by atoms with Crippen LogP contribution in [0.4, 0.5) is 0 Å². The van der Waals surface area contributed by atoms with Gasteiger partial charge in [0.15, 0.2) is 5.69 Å². The summed E-state index contributed by atoms with van der Waals surface area (Å²) in [5.41, 5.74) is 3.65. The third-order valence-electron chi connectivity index (χ3n) is 4.51. The van der Waals surface area contributed by atoms with Crippen molar-refractivity contribution in [3.63, 3.8) is 0 Å². The maximum atomic E-state index is 12.8. The van der Waals surface area contributed by atoms with Crippen LogP contribution < -0.4 is 10.1 Å². The third kappa shape index (κ3) is 2.94. The molecule has 1 aromatic carbocycles. The highest BCUT2D eigenvalue weighted by Gasteiger charge is 2.26. The molecule has 0 bridgehead atoms. The van der Waals surface area contributed by atoms with E-state index in [0.717, 1.165) is 35.5 Å². The van der Waals surface area contributed by atoms with E-state index in [1.807, 2.05) is 38.2 Å². The van der Waals surface area contributed by atoms with Crippen LogP contribution in [0.5, 0.6) is 5.75 Å². The van der Waals surface area contributed by atoms with E-state index in [2.05, 4.69) is 15.5 Å². The number of aromatic amines is 1. The van der Waals surface area contributed by atoms with Crippen LogP contribution in [0.2, 0.25) is 0 Å². The number of nitrogens with one attached hydrogen (secondary N) is 2. The van der Waals surface area contributed by atoms with Gasteiger partial charge in [0.2, 0.25) is 0 Å². The van der Waals surface area contributed by atoms with Crippen LogP contribution >= 0.6 is 0 Å². The minimum Gasteiger partial charge on any atom is -0.497 e. The molecule has 0 radical (unpaired) electrons. The van der Waals surface area contributed by atoms with E-state index < -0.39 is 0 Å². The van der Waals surface area contributed by atoms with Crippen molar-refractivity contribution in [2.45, 2.75) is 25.9 Å². The summed E-state index contributed by atoms with van der Waals surface area (Å²) in [6.45, 7) is 3.62. The number of aromatic nitrogens is 2. The first kappa shape index (κ1) is 15.6. The van der Waals surface area contributed by atoms with Gasteiger partial charge < -0.3 is 15.0 Å². The van der Waals surface area contributed by atoms with Crippen molar-refractivity contribution in [2.75, 3.05) is 20.7 Å². The maximum Gasteiger partial charge on any atom is 0.274 e. The Bertz CT molecular complexity index is 693. The van der Waals surface area contributed by atoms with Crippen molar-refractivity contribution in [1.82, 2.24) is 20.4 Å². The number of hydrogen-bond acceptors (Lipinski definition) is 4. The number of fused-ring (bicyclic) bond motifs is 1. The second kappa shape index (κ2) is 6.42. The van der Waals surface area contributed by atoms with Gasteiger partial charge in [-0.25, -0.2) is 0 Å².